The molecule has 0 aromatic rings. The molecular formula is C12H22N2O2S. The zero-order chi connectivity index (χ0) is 12.3. The normalized spacial score (nSPS) is 28.1. The molecule has 4 nitrogen and oxygen atoms in total. The van der Waals surface area contributed by atoms with Crippen LogP contribution >= 0.6 is 11.8 Å². The zero-order valence-corrected chi connectivity index (χ0v) is 11.2. The Morgan fingerprint density at radius 2 is 2.18 bits per heavy atom. The first-order valence-corrected chi connectivity index (χ1v) is 7.74. The summed E-state index contributed by atoms with van der Waals surface area (Å²) >= 11 is 1.90. The number of hydrogen-bond donors (Lipinski definition) is 2. The Kier molecular flexibility index (Phi) is 4.56. The van der Waals surface area contributed by atoms with E-state index in [9.17, 15) is 4.79 Å². The number of rotatable bonds is 5. The Labute approximate surface area is 107 Å². The van der Waals surface area contributed by atoms with Gasteiger partial charge in [0.1, 0.15) is 0 Å². The summed E-state index contributed by atoms with van der Waals surface area (Å²) in [5.74, 6) is 0. The van der Waals surface area contributed by atoms with E-state index in [0.29, 0.717) is 23.9 Å². The van der Waals surface area contributed by atoms with Crippen molar-refractivity contribution in [1.29, 1.82) is 0 Å². The lowest BCUT2D eigenvalue weighted by molar-refractivity contribution is 0.170. The first-order chi connectivity index (χ1) is 8.24. The summed E-state index contributed by atoms with van der Waals surface area (Å²) in [5, 5.41) is 12.8. The van der Waals surface area contributed by atoms with Gasteiger partial charge in [0.15, 0.2) is 0 Å². The van der Waals surface area contributed by atoms with Crippen molar-refractivity contribution in [2.45, 2.75) is 49.4 Å². The van der Waals surface area contributed by atoms with Crippen LogP contribution in [0.15, 0.2) is 0 Å². The number of aliphatic hydroxyl groups excluding tert-OH is 1. The molecule has 5 heteroatoms. The highest BCUT2D eigenvalue weighted by atomic mass is 32.2. The van der Waals surface area contributed by atoms with Gasteiger partial charge >= 0.3 is 6.03 Å². The van der Waals surface area contributed by atoms with Crippen molar-refractivity contribution in [2.75, 3.05) is 19.4 Å². The highest BCUT2D eigenvalue weighted by Gasteiger charge is 2.34. The smallest absolute Gasteiger partial charge is 0.317 e. The van der Waals surface area contributed by atoms with Crippen molar-refractivity contribution in [2.24, 2.45) is 0 Å². The maximum absolute atomic E-state index is 12.1. The molecule has 0 saturated heterocycles. The highest BCUT2D eigenvalue weighted by molar-refractivity contribution is 7.99. The Balaban J connectivity index is 1.79. The maximum atomic E-state index is 12.1. The van der Waals surface area contributed by atoms with Crippen LogP contribution in [0.5, 0.6) is 0 Å². The summed E-state index contributed by atoms with van der Waals surface area (Å²) in [7, 11) is 0. The minimum atomic E-state index is 0.0216. The number of carbonyl (C=O) groups is 1. The molecule has 2 unspecified atom stereocenters. The van der Waals surface area contributed by atoms with Gasteiger partial charge < -0.3 is 15.3 Å². The van der Waals surface area contributed by atoms with Gasteiger partial charge in [-0.15, -0.1) is 0 Å². The number of aliphatic hydroxyl groups is 1. The van der Waals surface area contributed by atoms with E-state index in [1.807, 2.05) is 11.8 Å². The molecule has 2 atom stereocenters. The molecule has 0 aromatic heterocycles. The lowest BCUT2D eigenvalue weighted by atomic mass is 10.2. The molecule has 0 radical (unpaired) electrons. The summed E-state index contributed by atoms with van der Waals surface area (Å²) in [6.45, 7) is 0.525. The maximum Gasteiger partial charge on any atom is 0.317 e. The molecule has 2 saturated carbocycles. The van der Waals surface area contributed by atoms with E-state index in [4.69, 9.17) is 5.11 Å². The van der Waals surface area contributed by atoms with Gasteiger partial charge in [0.05, 0.1) is 6.61 Å². The Morgan fingerprint density at radius 1 is 1.41 bits per heavy atom. The Hall–Kier alpha value is -0.420. The first kappa shape index (κ1) is 13.0. The minimum absolute atomic E-state index is 0.0216. The van der Waals surface area contributed by atoms with Crippen LogP contribution in [-0.2, 0) is 0 Å². The number of amides is 2. The second kappa shape index (κ2) is 5.96. The van der Waals surface area contributed by atoms with Gasteiger partial charge in [0, 0.05) is 23.9 Å². The molecule has 0 heterocycles. The highest BCUT2D eigenvalue weighted by Crippen LogP contribution is 2.29. The molecule has 17 heavy (non-hydrogen) atoms. The van der Waals surface area contributed by atoms with Crippen molar-refractivity contribution in [3.8, 4) is 0 Å². The SMILES string of the molecule is CSC1CCC(NC(=O)N(CCO)C2CC2)C1. The van der Waals surface area contributed by atoms with E-state index in [1.54, 1.807) is 4.90 Å². The van der Waals surface area contributed by atoms with E-state index in [1.165, 1.54) is 6.42 Å². The standard InChI is InChI=1S/C12H22N2O2S/c1-17-11-5-2-9(8-11)13-12(16)14(6-7-15)10-3-4-10/h9-11,15H,2-8H2,1H3,(H,13,16). The topological polar surface area (TPSA) is 52.6 Å². The van der Waals surface area contributed by atoms with E-state index >= 15 is 0 Å². The van der Waals surface area contributed by atoms with Crippen LogP contribution < -0.4 is 5.32 Å². The summed E-state index contributed by atoms with van der Waals surface area (Å²) in [5.41, 5.74) is 0. The third-order valence-corrected chi connectivity index (χ3v) is 4.73. The molecule has 2 N–H and O–H groups in total. The van der Waals surface area contributed by atoms with Crippen molar-refractivity contribution in [3.63, 3.8) is 0 Å². The summed E-state index contributed by atoms with van der Waals surface area (Å²) < 4.78 is 0. The quantitative estimate of drug-likeness (QED) is 0.784. The molecule has 0 aliphatic heterocycles. The molecule has 0 aromatic carbocycles. The summed E-state index contributed by atoms with van der Waals surface area (Å²) in [6, 6.07) is 0.730. The van der Waals surface area contributed by atoms with E-state index in [-0.39, 0.29) is 12.6 Å². The van der Waals surface area contributed by atoms with E-state index in [2.05, 4.69) is 11.6 Å². The summed E-state index contributed by atoms with van der Waals surface area (Å²) in [6.07, 6.45) is 7.70. The molecule has 0 bridgehead atoms. The van der Waals surface area contributed by atoms with Crippen molar-refractivity contribution < 1.29 is 9.90 Å². The lowest BCUT2D eigenvalue weighted by Crippen LogP contribution is -2.46. The van der Waals surface area contributed by atoms with Crippen LogP contribution in [0.4, 0.5) is 4.79 Å². The molecule has 2 rings (SSSR count). The molecule has 98 valence electrons. The van der Waals surface area contributed by atoms with Gasteiger partial charge in [-0.25, -0.2) is 4.79 Å². The van der Waals surface area contributed by atoms with Gasteiger partial charge in [-0.1, -0.05) is 0 Å². The molecule has 2 aliphatic carbocycles. The molecular weight excluding hydrogens is 236 g/mol. The van der Waals surface area contributed by atoms with E-state index < -0.39 is 0 Å². The van der Waals surface area contributed by atoms with Crippen molar-refractivity contribution in [3.05, 3.63) is 0 Å². The number of hydrogen-bond acceptors (Lipinski definition) is 3. The van der Waals surface area contributed by atoms with Gasteiger partial charge in [-0.05, 0) is 38.4 Å². The summed E-state index contributed by atoms with van der Waals surface area (Å²) in [4.78, 5) is 13.9. The van der Waals surface area contributed by atoms with Crippen LogP contribution in [0.3, 0.4) is 0 Å². The Bertz CT molecular complexity index is 271. The third kappa shape index (κ3) is 3.52. The van der Waals surface area contributed by atoms with Gasteiger partial charge in [-0.3, -0.25) is 0 Å². The van der Waals surface area contributed by atoms with Crippen LogP contribution in [0.25, 0.3) is 0 Å². The first-order valence-electron chi connectivity index (χ1n) is 6.45. The fraction of sp³-hybridized carbons (Fsp3) is 0.917. The van der Waals surface area contributed by atoms with E-state index in [0.717, 1.165) is 25.7 Å². The van der Waals surface area contributed by atoms with Crippen LogP contribution in [-0.4, -0.2) is 52.8 Å². The fourth-order valence-electron chi connectivity index (χ4n) is 2.49. The number of nitrogens with zero attached hydrogens (tertiary/aromatic N) is 1. The minimum Gasteiger partial charge on any atom is -0.395 e. The second-order valence-corrected chi connectivity index (χ2v) is 6.10. The zero-order valence-electron chi connectivity index (χ0n) is 10.4. The van der Waals surface area contributed by atoms with Crippen LogP contribution in [0.1, 0.15) is 32.1 Å². The average Bonchev–Trinajstić information content (AvgIpc) is 3.06. The predicted molar refractivity (Wildman–Crippen MR) is 70.3 cm³/mol. The number of carbonyl (C=O) groups excluding carboxylic acids is 1. The largest absolute Gasteiger partial charge is 0.395 e. The molecule has 2 amide bonds. The van der Waals surface area contributed by atoms with Gasteiger partial charge in [0.25, 0.3) is 0 Å². The Morgan fingerprint density at radius 3 is 2.71 bits per heavy atom. The van der Waals surface area contributed by atoms with Crippen LogP contribution in [0.2, 0.25) is 0 Å². The van der Waals surface area contributed by atoms with Crippen LogP contribution in [0, 0.1) is 0 Å². The molecule has 0 spiro atoms. The lowest BCUT2D eigenvalue weighted by Gasteiger charge is -2.24. The van der Waals surface area contributed by atoms with Gasteiger partial charge in [0.2, 0.25) is 0 Å². The van der Waals surface area contributed by atoms with Crippen molar-refractivity contribution in [1.82, 2.24) is 10.2 Å². The second-order valence-electron chi connectivity index (χ2n) is 4.97. The van der Waals surface area contributed by atoms with Crippen molar-refractivity contribution >= 4 is 17.8 Å². The fourth-order valence-corrected chi connectivity index (χ4v) is 3.28. The number of urea groups is 1. The third-order valence-electron chi connectivity index (χ3n) is 3.63. The average molecular weight is 258 g/mol. The molecule has 2 aliphatic rings. The van der Waals surface area contributed by atoms with Gasteiger partial charge in [-0.2, -0.15) is 11.8 Å². The monoisotopic (exact) mass is 258 g/mol. The molecule has 2 fully saturated rings. The predicted octanol–water partition coefficient (Wildman–Crippen LogP) is 1.44. The number of thioether (sulfide) groups is 1. The number of nitrogens with one attached hydrogen (secondary N) is 1.